The van der Waals surface area contributed by atoms with Gasteiger partial charge in [-0.25, -0.2) is 9.59 Å². The summed E-state index contributed by atoms with van der Waals surface area (Å²) in [5, 5.41) is 8.45. The van der Waals surface area contributed by atoms with E-state index in [0.717, 1.165) is 0 Å². The zero-order valence-electron chi connectivity index (χ0n) is 10.8. The third-order valence-corrected chi connectivity index (χ3v) is 2.06. The van der Waals surface area contributed by atoms with Gasteiger partial charge in [-0.1, -0.05) is 0 Å². The molecule has 0 aliphatic carbocycles. The lowest BCUT2D eigenvalue weighted by molar-refractivity contribution is -0.149. The number of carbonyl (C=O) groups excluding carboxylic acids is 2. The van der Waals surface area contributed by atoms with Crippen LogP contribution in [0.5, 0.6) is 0 Å². The molecule has 1 atom stereocenters. The van der Waals surface area contributed by atoms with Gasteiger partial charge in [0.05, 0.1) is 0 Å². The summed E-state index contributed by atoms with van der Waals surface area (Å²) in [4.78, 5) is 34.2. The Morgan fingerprint density at radius 2 is 1.76 bits per heavy atom. The first-order valence-electron chi connectivity index (χ1n) is 5.26. The molecule has 0 saturated heterocycles. The highest BCUT2D eigenvalue weighted by Crippen LogP contribution is 2.12. The lowest BCUT2D eigenvalue weighted by Crippen LogP contribution is -2.40. The van der Waals surface area contributed by atoms with Crippen molar-refractivity contribution in [2.45, 2.75) is 45.8 Å². The Bertz CT molecular complexity index is 318. The second-order valence-corrected chi connectivity index (χ2v) is 4.87. The molecule has 0 fully saturated rings. The Balaban J connectivity index is 4.40. The monoisotopic (exact) mass is 245 g/mol. The Morgan fingerprint density at radius 3 is 2.12 bits per heavy atom. The van der Waals surface area contributed by atoms with Gasteiger partial charge >= 0.3 is 12.1 Å². The number of aliphatic carboxylic acids is 1. The molecule has 0 radical (unpaired) electrons. The van der Waals surface area contributed by atoms with E-state index in [1.165, 1.54) is 11.9 Å². The van der Waals surface area contributed by atoms with Crippen molar-refractivity contribution < 1.29 is 24.2 Å². The fraction of sp³-hybridized carbons (Fsp3) is 0.727. The first kappa shape index (κ1) is 15.4. The summed E-state index contributed by atoms with van der Waals surface area (Å²) in [7, 11) is 1.47. The van der Waals surface area contributed by atoms with Gasteiger partial charge in [0.15, 0.2) is 0 Å². The SMILES string of the molecule is CC(CC(=O)C(=O)O)N(C)C(=O)OC(C)(C)C. The maximum Gasteiger partial charge on any atom is 0.410 e. The summed E-state index contributed by atoms with van der Waals surface area (Å²) in [5.41, 5.74) is -0.623. The van der Waals surface area contributed by atoms with Gasteiger partial charge < -0.3 is 14.7 Å². The van der Waals surface area contributed by atoms with Crippen LogP contribution in [-0.4, -0.2) is 46.5 Å². The molecule has 6 nitrogen and oxygen atoms in total. The van der Waals surface area contributed by atoms with E-state index in [1.54, 1.807) is 27.7 Å². The van der Waals surface area contributed by atoms with Crippen molar-refractivity contribution in [3.05, 3.63) is 0 Å². The summed E-state index contributed by atoms with van der Waals surface area (Å²) < 4.78 is 5.09. The zero-order valence-corrected chi connectivity index (χ0v) is 10.8. The van der Waals surface area contributed by atoms with E-state index in [2.05, 4.69) is 0 Å². The molecule has 0 aliphatic rings. The first-order valence-corrected chi connectivity index (χ1v) is 5.26. The Morgan fingerprint density at radius 1 is 1.29 bits per heavy atom. The summed E-state index contributed by atoms with van der Waals surface area (Å²) in [5.74, 6) is -2.41. The summed E-state index contributed by atoms with van der Waals surface area (Å²) in [6.45, 7) is 6.77. The Labute approximate surface area is 101 Å². The molecule has 0 aliphatic heterocycles. The van der Waals surface area contributed by atoms with Crippen molar-refractivity contribution in [3.8, 4) is 0 Å². The van der Waals surface area contributed by atoms with Gasteiger partial charge in [-0.15, -0.1) is 0 Å². The van der Waals surface area contributed by atoms with E-state index in [4.69, 9.17) is 9.84 Å². The average molecular weight is 245 g/mol. The molecular weight excluding hydrogens is 226 g/mol. The zero-order chi connectivity index (χ0) is 13.8. The molecule has 0 rings (SSSR count). The molecule has 0 aromatic rings. The summed E-state index contributed by atoms with van der Waals surface area (Å²) in [6, 6.07) is -0.520. The number of carbonyl (C=O) groups is 3. The largest absolute Gasteiger partial charge is 0.476 e. The van der Waals surface area contributed by atoms with E-state index in [-0.39, 0.29) is 6.42 Å². The van der Waals surface area contributed by atoms with Crippen molar-refractivity contribution in [2.24, 2.45) is 0 Å². The smallest absolute Gasteiger partial charge is 0.410 e. The number of nitrogens with zero attached hydrogens (tertiary/aromatic N) is 1. The lowest BCUT2D eigenvalue weighted by Gasteiger charge is -2.28. The van der Waals surface area contributed by atoms with Crippen LogP contribution >= 0.6 is 0 Å². The number of rotatable bonds is 4. The number of hydrogen-bond donors (Lipinski definition) is 1. The summed E-state index contributed by atoms with van der Waals surface area (Å²) in [6.07, 6.45) is -0.811. The van der Waals surface area contributed by atoms with Crippen LogP contribution in [0.4, 0.5) is 4.79 Å². The van der Waals surface area contributed by atoms with Crippen LogP contribution in [-0.2, 0) is 14.3 Å². The van der Waals surface area contributed by atoms with Gasteiger partial charge in [-0.2, -0.15) is 0 Å². The van der Waals surface area contributed by atoms with Gasteiger partial charge in [-0.05, 0) is 27.7 Å². The van der Waals surface area contributed by atoms with Crippen LogP contribution in [0.2, 0.25) is 0 Å². The van der Waals surface area contributed by atoms with Gasteiger partial charge in [0.25, 0.3) is 0 Å². The van der Waals surface area contributed by atoms with E-state index >= 15 is 0 Å². The maximum atomic E-state index is 11.6. The summed E-state index contributed by atoms with van der Waals surface area (Å²) >= 11 is 0. The van der Waals surface area contributed by atoms with E-state index in [1.807, 2.05) is 0 Å². The maximum absolute atomic E-state index is 11.6. The standard InChI is InChI=1S/C11H19NO5/c1-7(6-8(13)9(14)15)12(5)10(16)17-11(2,3)4/h7H,6H2,1-5H3,(H,14,15). The highest BCUT2D eigenvalue weighted by Gasteiger charge is 2.25. The molecule has 0 bridgehead atoms. The van der Waals surface area contributed by atoms with Crippen LogP contribution in [0.15, 0.2) is 0 Å². The molecule has 1 amide bonds. The molecule has 0 saturated carbocycles. The number of ether oxygens (including phenoxy) is 1. The normalized spacial score (nSPS) is 12.8. The fourth-order valence-corrected chi connectivity index (χ4v) is 1.01. The molecule has 0 aromatic carbocycles. The van der Waals surface area contributed by atoms with Crippen molar-refractivity contribution in [1.82, 2.24) is 4.90 Å². The Kier molecular flexibility index (Phi) is 5.12. The third kappa shape index (κ3) is 5.89. The fourth-order valence-electron chi connectivity index (χ4n) is 1.01. The number of carboxylic acids is 1. The van der Waals surface area contributed by atoms with Gasteiger partial charge in [0.2, 0.25) is 5.78 Å². The number of ketones is 1. The van der Waals surface area contributed by atoms with Crippen molar-refractivity contribution in [3.63, 3.8) is 0 Å². The van der Waals surface area contributed by atoms with Gasteiger partial charge in [-0.3, -0.25) is 4.79 Å². The van der Waals surface area contributed by atoms with E-state index < -0.39 is 29.5 Å². The minimum atomic E-state index is -1.49. The van der Waals surface area contributed by atoms with Crippen molar-refractivity contribution in [2.75, 3.05) is 7.05 Å². The molecule has 0 aromatic heterocycles. The lowest BCUT2D eigenvalue weighted by atomic mass is 10.1. The minimum absolute atomic E-state index is 0.231. The van der Waals surface area contributed by atoms with Crippen molar-refractivity contribution >= 4 is 17.8 Å². The second-order valence-electron chi connectivity index (χ2n) is 4.87. The Hall–Kier alpha value is -1.59. The molecule has 17 heavy (non-hydrogen) atoms. The van der Waals surface area contributed by atoms with E-state index in [0.29, 0.717) is 0 Å². The third-order valence-electron chi connectivity index (χ3n) is 2.06. The van der Waals surface area contributed by atoms with Gasteiger partial charge in [0, 0.05) is 19.5 Å². The first-order chi connectivity index (χ1) is 7.54. The number of Topliss-reactive ketones (excluding diaryl/α,β-unsaturated/α-hetero) is 1. The van der Waals surface area contributed by atoms with Crippen LogP contribution in [0.1, 0.15) is 34.1 Å². The molecule has 6 heteroatoms. The molecular formula is C11H19NO5. The second kappa shape index (κ2) is 5.65. The molecule has 0 heterocycles. The number of hydrogen-bond acceptors (Lipinski definition) is 4. The highest BCUT2D eigenvalue weighted by molar-refractivity contribution is 6.32. The van der Waals surface area contributed by atoms with E-state index in [9.17, 15) is 14.4 Å². The molecule has 1 N–H and O–H groups in total. The predicted octanol–water partition coefficient (Wildman–Crippen LogP) is 1.29. The van der Waals surface area contributed by atoms with Crippen LogP contribution in [0.3, 0.4) is 0 Å². The quantitative estimate of drug-likeness (QED) is 0.754. The average Bonchev–Trinajstić information content (AvgIpc) is 2.13. The van der Waals surface area contributed by atoms with Crippen LogP contribution < -0.4 is 0 Å². The molecule has 98 valence electrons. The van der Waals surface area contributed by atoms with Crippen LogP contribution in [0, 0.1) is 0 Å². The van der Waals surface area contributed by atoms with Crippen molar-refractivity contribution in [1.29, 1.82) is 0 Å². The minimum Gasteiger partial charge on any atom is -0.476 e. The number of amides is 1. The molecule has 1 unspecified atom stereocenters. The highest BCUT2D eigenvalue weighted by atomic mass is 16.6. The van der Waals surface area contributed by atoms with Crippen LogP contribution in [0.25, 0.3) is 0 Å². The molecule has 0 spiro atoms. The predicted molar refractivity (Wildman–Crippen MR) is 60.7 cm³/mol. The number of carboxylic acid groups (broad SMARTS) is 1. The van der Waals surface area contributed by atoms with Gasteiger partial charge in [0.1, 0.15) is 5.60 Å². The topological polar surface area (TPSA) is 83.9 Å².